The highest BCUT2D eigenvalue weighted by Gasteiger charge is 2.27. The molecule has 5 heteroatoms. The molecule has 2 rings (SSSR count). The molecule has 0 aromatic carbocycles. The second-order valence-electron chi connectivity index (χ2n) is 5.45. The molecule has 1 unspecified atom stereocenters. The number of aliphatic hydroxyl groups is 1. The number of carbonyl (C=O) groups is 1. The molecular formula is C15H23N3O2. The van der Waals surface area contributed by atoms with Gasteiger partial charge in [0.15, 0.2) is 0 Å². The minimum Gasteiger partial charge on any atom is -0.396 e. The molecule has 1 amide bonds. The van der Waals surface area contributed by atoms with Crippen molar-refractivity contribution in [3.8, 4) is 0 Å². The van der Waals surface area contributed by atoms with Crippen LogP contribution in [0, 0.1) is 5.92 Å². The Morgan fingerprint density at radius 1 is 1.50 bits per heavy atom. The third-order valence-electron chi connectivity index (χ3n) is 3.63. The molecule has 1 aromatic rings. The minimum atomic E-state index is -0.145. The highest BCUT2D eigenvalue weighted by Crippen LogP contribution is 2.37. The zero-order valence-electron chi connectivity index (χ0n) is 12.0. The van der Waals surface area contributed by atoms with Crippen molar-refractivity contribution in [3.63, 3.8) is 0 Å². The molecule has 1 fully saturated rings. The summed E-state index contributed by atoms with van der Waals surface area (Å²) in [5.41, 5.74) is 0.446. The first-order valence-electron chi connectivity index (χ1n) is 7.46. The van der Waals surface area contributed by atoms with E-state index in [2.05, 4.69) is 22.2 Å². The number of amides is 1. The summed E-state index contributed by atoms with van der Waals surface area (Å²) in [6.07, 6.45) is 6.70. The van der Waals surface area contributed by atoms with E-state index in [4.69, 9.17) is 5.11 Å². The summed E-state index contributed by atoms with van der Waals surface area (Å²) >= 11 is 0. The molecule has 1 saturated carbocycles. The zero-order valence-corrected chi connectivity index (χ0v) is 12.0. The summed E-state index contributed by atoms with van der Waals surface area (Å²) in [5.74, 6) is 1.43. The van der Waals surface area contributed by atoms with Crippen LogP contribution in [0.4, 0.5) is 0 Å². The molecule has 1 atom stereocenters. The van der Waals surface area contributed by atoms with Crippen LogP contribution in [0.25, 0.3) is 0 Å². The second kappa shape index (κ2) is 7.33. The van der Waals surface area contributed by atoms with Crippen molar-refractivity contribution < 1.29 is 9.90 Å². The molecule has 0 aliphatic heterocycles. The van der Waals surface area contributed by atoms with Crippen molar-refractivity contribution in [1.29, 1.82) is 0 Å². The fourth-order valence-corrected chi connectivity index (χ4v) is 2.31. The molecule has 1 aliphatic carbocycles. The van der Waals surface area contributed by atoms with E-state index in [1.807, 2.05) is 0 Å². The van der Waals surface area contributed by atoms with Gasteiger partial charge in [-0.15, -0.1) is 0 Å². The van der Waals surface area contributed by atoms with Gasteiger partial charge in [-0.25, -0.2) is 9.97 Å². The van der Waals surface area contributed by atoms with Crippen molar-refractivity contribution in [1.82, 2.24) is 15.3 Å². The highest BCUT2D eigenvalue weighted by molar-refractivity contribution is 5.92. The predicted octanol–water partition coefficient (Wildman–Crippen LogP) is 1.88. The molecule has 1 heterocycles. The van der Waals surface area contributed by atoms with Crippen LogP contribution in [0.3, 0.4) is 0 Å². The lowest BCUT2D eigenvalue weighted by molar-refractivity contribution is 0.0937. The van der Waals surface area contributed by atoms with E-state index in [0.717, 1.165) is 37.9 Å². The maximum atomic E-state index is 12.1. The number of carbonyl (C=O) groups excluding carboxylic acids is 1. The molecule has 20 heavy (non-hydrogen) atoms. The normalized spacial score (nSPS) is 15.9. The minimum absolute atomic E-state index is 0.145. The maximum Gasteiger partial charge on any atom is 0.270 e. The van der Waals surface area contributed by atoms with Crippen molar-refractivity contribution in [3.05, 3.63) is 23.8 Å². The largest absolute Gasteiger partial charge is 0.396 e. The monoisotopic (exact) mass is 277 g/mol. The number of nitrogens with zero attached hydrogens (tertiary/aromatic N) is 2. The molecule has 2 N–H and O–H groups in total. The maximum absolute atomic E-state index is 12.1. The Kier molecular flexibility index (Phi) is 5.47. The molecule has 1 aromatic heterocycles. The van der Waals surface area contributed by atoms with Crippen LogP contribution in [0.15, 0.2) is 12.3 Å². The topological polar surface area (TPSA) is 75.1 Å². The molecular weight excluding hydrogens is 254 g/mol. The Morgan fingerprint density at radius 2 is 2.30 bits per heavy atom. The molecule has 0 saturated heterocycles. The van der Waals surface area contributed by atoms with E-state index in [1.54, 1.807) is 12.3 Å². The van der Waals surface area contributed by atoms with E-state index < -0.39 is 0 Å². The third kappa shape index (κ3) is 4.27. The Hall–Kier alpha value is -1.49. The first kappa shape index (κ1) is 14.9. The van der Waals surface area contributed by atoms with Gasteiger partial charge in [-0.2, -0.15) is 0 Å². The van der Waals surface area contributed by atoms with Gasteiger partial charge in [-0.05, 0) is 37.7 Å². The van der Waals surface area contributed by atoms with Gasteiger partial charge in [0, 0.05) is 25.3 Å². The van der Waals surface area contributed by atoms with Crippen LogP contribution in [-0.2, 0) is 0 Å². The average Bonchev–Trinajstić information content (AvgIpc) is 3.30. The zero-order chi connectivity index (χ0) is 14.4. The average molecular weight is 277 g/mol. The fourth-order valence-electron chi connectivity index (χ4n) is 2.31. The van der Waals surface area contributed by atoms with Gasteiger partial charge in [0.25, 0.3) is 5.91 Å². The van der Waals surface area contributed by atoms with Gasteiger partial charge in [0.05, 0.1) is 0 Å². The number of rotatable bonds is 8. The predicted molar refractivity (Wildman–Crippen MR) is 76.4 cm³/mol. The van der Waals surface area contributed by atoms with Crippen LogP contribution >= 0.6 is 0 Å². The van der Waals surface area contributed by atoms with Crippen molar-refractivity contribution in [2.24, 2.45) is 5.92 Å². The molecule has 0 bridgehead atoms. The van der Waals surface area contributed by atoms with Crippen LogP contribution < -0.4 is 5.32 Å². The molecule has 0 spiro atoms. The van der Waals surface area contributed by atoms with Crippen LogP contribution in [-0.4, -0.2) is 34.1 Å². The van der Waals surface area contributed by atoms with Crippen LogP contribution in [0.2, 0.25) is 0 Å². The van der Waals surface area contributed by atoms with E-state index in [9.17, 15) is 4.79 Å². The van der Waals surface area contributed by atoms with Gasteiger partial charge in [0.2, 0.25) is 0 Å². The quantitative estimate of drug-likeness (QED) is 0.761. The fraction of sp³-hybridized carbons (Fsp3) is 0.667. The van der Waals surface area contributed by atoms with Crippen molar-refractivity contribution in [2.45, 2.75) is 44.9 Å². The number of aromatic nitrogens is 2. The van der Waals surface area contributed by atoms with Crippen LogP contribution in [0.5, 0.6) is 0 Å². The Morgan fingerprint density at radius 3 is 2.95 bits per heavy atom. The summed E-state index contributed by atoms with van der Waals surface area (Å²) < 4.78 is 0. The number of hydrogen-bond acceptors (Lipinski definition) is 4. The Bertz CT molecular complexity index is 440. The Labute approximate surface area is 119 Å². The molecule has 0 radical (unpaired) electrons. The standard InChI is InChI=1S/C15H23N3O2/c1-2-3-11(7-9-19)10-17-15(20)13-6-8-16-14(18-13)12-4-5-12/h6,8,11-12,19H,2-5,7,9-10H2,1H3,(H,17,20). The SMILES string of the molecule is CCCC(CCO)CNC(=O)c1ccnc(C2CC2)n1. The van der Waals surface area contributed by atoms with E-state index in [1.165, 1.54) is 0 Å². The first-order valence-corrected chi connectivity index (χ1v) is 7.46. The molecule has 1 aliphatic rings. The van der Waals surface area contributed by atoms with Gasteiger partial charge in [-0.3, -0.25) is 4.79 Å². The summed E-state index contributed by atoms with van der Waals surface area (Å²) in [5, 5.41) is 11.9. The van der Waals surface area contributed by atoms with Crippen LogP contribution in [0.1, 0.15) is 61.3 Å². The summed E-state index contributed by atoms with van der Waals surface area (Å²) in [6, 6.07) is 1.65. The van der Waals surface area contributed by atoms with Gasteiger partial charge < -0.3 is 10.4 Å². The van der Waals surface area contributed by atoms with Gasteiger partial charge in [0.1, 0.15) is 11.5 Å². The van der Waals surface area contributed by atoms with Crippen molar-refractivity contribution in [2.75, 3.05) is 13.2 Å². The second-order valence-corrected chi connectivity index (χ2v) is 5.45. The molecule has 110 valence electrons. The van der Waals surface area contributed by atoms with Gasteiger partial charge in [-0.1, -0.05) is 13.3 Å². The highest BCUT2D eigenvalue weighted by atomic mass is 16.3. The number of aliphatic hydroxyl groups excluding tert-OH is 1. The first-order chi connectivity index (χ1) is 9.74. The van der Waals surface area contributed by atoms with E-state index in [0.29, 0.717) is 24.1 Å². The van der Waals surface area contributed by atoms with Crippen molar-refractivity contribution >= 4 is 5.91 Å². The summed E-state index contributed by atoms with van der Waals surface area (Å²) in [4.78, 5) is 20.6. The molecule has 5 nitrogen and oxygen atoms in total. The lowest BCUT2D eigenvalue weighted by Gasteiger charge is -2.15. The summed E-state index contributed by atoms with van der Waals surface area (Å²) in [6.45, 7) is 2.87. The van der Waals surface area contributed by atoms with Gasteiger partial charge >= 0.3 is 0 Å². The lowest BCUT2D eigenvalue weighted by atomic mass is 10.0. The Balaban J connectivity index is 1.88. The van der Waals surface area contributed by atoms with E-state index in [-0.39, 0.29) is 12.5 Å². The summed E-state index contributed by atoms with van der Waals surface area (Å²) in [7, 11) is 0. The third-order valence-corrected chi connectivity index (χ3v) is 3.63. The number of hydrogen-bond donors (Lipinski definition) is 2. The number of nitrogens with one attached hydrogen (secondary N) is 1. The lowest BCUT2D eigenvalue weighted by Crippen LogP contribution is -2.30. The van der Waals surface area contributed by atoms with E-state index >= 15 is 0 Å². The smallest absolute Gasteiger partial charge is 0.270 e.